The molecule has 1 N–H and O–H groups in total. The SMILES string of the molecule is CCSCCC(C)Nc1nc(Cl)nc2sccc12. The van der Waals surface area contributed by atoms with E-state index in [-0.39, 0.29) is 0 Å². The number of rotatable bonds is 6. The highest BCUT2D eigenvalue weighted by Crippen LogP contribution is 2.27. The number of anilines is 1. The second-order valence-electron chi connectivity index (χ2n) is 4.01. The molecule has 0 saturated heterocycles. The van der Waals surface area contributed by atoms with Crippen LogP contribution in [0, 0.1) is 0 Å². The van der Waals surface area contributed by atoms with Crippen molar-refractivity contribution in [1.29, 1.82) is 0 Å². The fraction of sp³-hybridized carbons (Fsp3) is 0.500. The number of nitrogens with zero attached hydrogens (tertiary/aromatic N) is 2. The van der Waals surface area contributed by atoms with Gasteiger partial charge in [0.2, 0.25) is 5.28 Å². The van der Waals surface area contributed by atoms with Gasteiger partial charge < -0.3 is 5.32 Å². The lowest BCUT2D eigenvalue weighted by Crippen LogP contribution is -2.17. The first-order chi connectivity index (χ1) is 8.70. The molecule has 0 spiro atoms. The van der Waals surface area contributed by atoms with Crippen molar-refractivity contribution < 1.29 is 0 Å². The van der Waals surface area contributed by atoms with E-state index in [4.69, 9.17) is 11.6 Å². The molecule has 3 nitrogen and oxygen atoms in total. The zero-order valence-corrected chi connectivity index (χ0v) is 12.8. The highest BCUT2D eigenvalue weighted by Gasteiger charge is 2.10. The predicted octanol–water partition coefficient (Wildman–Crippen LogP) is 4.29. The van der Waals surface area contributed by atoms with Crippen molar-refractivity contribution >= 4 is 50.7 Å². The molecule has 0 aromatic carbocycles. The Balaban J connectivity index is 2.08. The maximum atomic E-state index is 5.93. The van der Waals surface area contributed by atoms with Gasteiger partial charge in [-0.2, -0.15) is 11.8 Å². The van der Waals surface area contributed by atoms with Crippen LogP contribution in [0.1, 0.15) is 20.3 Å². The molecule has 0 aliphatic rings. The molecule has 0 bridgehead atoms. The topological polar surface area (TPSA) is 37.8 Å². The van der Waals surface area contributed by atoms with Crippen molar-refractivity contribution in [3.05, 3.63) is 16.7 Å². The molecule has 2 aromatic rings. The molecule has 6 heteroatoms. The second kappa shape index (κ2) is 6.59. The molecule has 0 saturated carbocycles. The quantitative estimate of drug-likeness (QED) is 0.638. The number of hydrogen-bond donors (Lipinski definition) is 1. The number of hydrogen-bond acceptors (Lipinski definition) is 5. The molecule has 0 aliphatic heterocycles. The zero-order chi connectivity index (χ0) is 13.0. The summed E-state index contributed by atoms with van der Waals surface area (Å²) in [6.45, 7) is 4.35. The van der Waals surface area contributed by atoms with Gasteiger partial charge in [0.15, 0.2) is 0 Å². The summed E-state index contributed by atoms with van der Waals surface area (Å²) < 4.78 is 0. The Morgan fingerprint density at radius 1 is 1.50 bits per heavy atom. The summed E-state index contributed by atoms with van der Waals surface area (Å²) in [6, 6.07) is 2.42. The van der Waals surface area contributed by atoms with Crippen molar-refractivity contribution in [3.63, 3.8) is 0 Å². The lowest BCUT2D eigenvalue weighted by Gasteiger charge is -2.14. The van der Waals surface area contributed by atoms with Gasteiger partial charge in [-0.1, -0.05) is 6.92 Å². The van der Waals surface area contributed by atoms with Gasteiger partial charge in [-0.25, -0.2) is 9.97 Å². The van der Waals surface area contributed by atoms with Gasteiger partial charge in [0.05, 0.1) is 5.39 Å². The molecule has 0 radical (unpaired) electrons. The first-order valence-electron chi connectivity index (χ1n) is 5.95. The summed E-state index contributed by atoms with van der Waals surface area (Å²) in [7, 11) is 0. The van der Waals surface area contributed by atoms with E-state index >= 15 is 0 Å². The summed E-state index contributed by atoms with van der Waals surface area (Å²) in [5.74, 6) is 3.18. The Labute approximate surface area is 120 Å². The monoisotopic (exact) mass is 301 g/mol. The van der Waals surface area contributed by atoms with E-state index in [0.29, 0.717) is 11.3 Å². The van der Waals surface area contributed by atoms with Crippen molar-refractivity contribution in [2.45, 2.75) is 26.3 Å². The van der Waals surface area contributed by atoms with Gasteiger partial charge >= 0.3 is 0 Å². The molecule has 1 unspecified atom stereocenters. The van der Waals surface area contributed by atoms with Crippen LogP contribution in [0.2, 0.25) is 5.28 Å². The molecule has 1 atom stereocenters. The molecular weight excluding hydrogens is 286 g/mol. The maximum Gasteiger partial charge on any atom is 0.225 e. The van der Waals surface area contributed by atoms with Crippen LogP contribution < -0.4 is 5.32 Å². The Hall–Kier alpha value is -0.520. The number of halogens is 1. The number of nitrogens with one attached hydrogen (secondary N) is 1. The molecule has 0 fully saturated rings. The van der Waals surface area contributed by atoms with Crippen LogP contribution in [0.3, 0.4) is 0 Å². The summed E-state index contributed by atoms with van der Waals surface area (Å²) >= 11 is 9.47. The van der Waals surface area contributed by atoms with Crippen LogP contribution in [0.5, 0.6) is 0 Å². The van der Waals surface area contributed by atoms with E-state index in [0.717, 1.165) is 28.2 Å². The molecule has 2 rings (SSSR count). The highest BCUT2D eigenvalue weighted by molar-refractivity contribution is 7.99. The fourth-order valence-corrected chi connectivity index (χ4v) is 3.44. The lowest BCUT2D eigenvalue weighted by atomic mass is 10.2. The average Bonchev–Trinajstić information content (AvgIpc) is 2.77. The van der Waals surface area contributed by atoms with Gasteiger partial charge in [-0.3, -0.25) is 0 Å². The van der Waals surface area contributed by atoms with Crippen molar-refractivity contribution in [2.24, 2.45) is 0 Å². The van der Waals surface area contributed by atoms with Crippen LogP contribution in [0.25, 0.3) is 10.2 Å². The Morgan fingerprint density at radius 2 is 2.33 bits per heavy atom. The van der Waals surface area contributed by atoms with E-state index in [1.54, 1.807) is 11.3 Å². The van der Waals surface area contributed by atoms with Crippen molar-refractivity contribution in [1.82, 2.24) is 9.97 Å². The van der Waals surface area contributed by atoms with Crippen molar-refractivity contribution in [3.8, 4) is 0 Å². The largest absolute Gasteiger partial charge is 0.367 e. The van der Waals surface area contributed by atoms with Gasteiger partial charge in [-0.05, 0) is 47.9 Å². The van der Waals surface area contributed by atoms with E-state index in [9.17, 15) is 0 Å². The summed E-state index contributed by atoms with van der Waals surface area (Å²) in [5, 5.41) is 6.80. The smallest absolute Gasteiger partial charge is 0.225 e. The third kappa shape index (κ3) is 3.49. The van der Waals surface area contributed by atoms with E-state index < -0.39 is 0 Å². The minimum atomic E-state index is 0.308. The van der Waals surface area contributed by atoms with Crippen LogP contribution in [0.4, 0.5) is 5.82 Å². The maximum absolute atomic E-state index is 5.93. The zero-order valence-electron chi connectivity index (χ0n) is 10.4. The molecule has 18 heavy (non-hydrogen) atoms. The standard InChI is InChI=1S/C12H16ClN3S2/c1-3-17-6-4-8(2)14-10-9-5-7-18-11(9)16-12(13)15-10/h5,7-8H,3-4,6H2,1-2H3,(H,14,15,16). The molecular formula is C12H16ClN3S2. The van der Waals surface area contributed by atoms with Crippen LogP contribution in [-0.4, -0.2) is 27.5 Å². The third-order valence-corrected chi connectivity index (χ3v) is 4.49. The Kier molecular flexibility index (Phi) is 5.09. The van der Waals surface area contributed by atoms with Gasteiger partial charge in [0.1, 0.15) is 10.6 Å². The summed E-state index contributed by atoms with van der Waals surface area (Å²) in [4.78, 5) is 9.43. The number of aromatic nitrogens is 2. The lowest BCUT2D eigenvalue weighted by molar-refractivity contribution is 0.767. The van der Waals surface area contributed by atoms with E-state index in [2.05, 4.69) is 29.1 Å². The average molecular weight is 302 g/mol. The number of thioether (sulfide) groups is 1. The summed E-state index contributed by atoms with van der Waals surface area (Å²) in [5.41, 5.74) is 0. The molecule has 98 valence electrons. The van der Waals surface area contributed by atoms with E-state index in [1.165, 1.54) is 5.75 Å². The first-order valence-corrected chi connectivity index (χ1v) is 8.37. The molecule has 0 aliphatic carbocycles. The number of fused-ring (bicyclic) bond motifs is 1. The van der Waals surface area contributed by atoms with Gasteiger partial charge in [-0.15, -0.1) is 11.3 Å². The number of thiophene rings is 1. The van der Waals surface area contributed by atoms with Gasteiger partial charge in [0, 0.05) is 6.04 Å². The molecule has 0 amide bonds. The Bertz CT molecular complexity index is 515. The molecule has 2 aromatic heterocycles. The first kappa shape index (κ1) is 13.9. The molecule has 2 heterocycles. The van der Waals surface area contributed by atoms with Crippen LogP contribution in [-0.2, 0) is 0 Å². The normalized spacial score (nSPS) is 12.8. The Morgan fingerprint density at radius 3 is 3.11 bits per heavy atom. The van der Waals surface area contributed by atoms with E-state index in [1.807, 2.05) is 23.2 Å². The summed E-state index contributed by atoms with van der Waals surface area (Å²) in [6.07, 6.45) is 1.12. The van der Waals surface area contributed by atoms with Crippen molar-refractivity contribution in [2.75, 3.05) is 16.8 Å². The highest BCUT2D eigenvalue weighted by atomic mass is 35.5. The van der Waals surface area contributed by atoms with Crippen LogP contribution in [0.15, 0.2) is 11.4 Å². The minimum absolute atomic E-state index is 0.308. The third-order valence-electron chi connectivity index (χ3n) is 2.58. The predicted molar refractivity (Wildman–Crippen MR) is 83.1 cm³/mol. The van der Waals surface area contributed by atoms with Gasteiger partial charge in [0.25, 0.3) is 0 Å². The van der Waals surface area contributed by atoms with Crippen LogP contribution >= 0.6 is 34.7 Å². The fourth-order valence-electron chi connectivity index (χ4n) is 1.65. The minimum Gasteiger partial charge on any atom is -0.367 e. The second-order valence-corrected chi connectivity index (χ2v) is 6.64.